The lowest BCUT2D eigenvalue weighted by Crippen LogP contribution is -2.27. The lowest BCUT2D eigenvalue weighted by molar-refractivity contribution is -0.160. The van der Waals surface area contributed by atoms with Gasteiger partial charge in [0.1, 0.15) is 48.5 Å². The molecule has 0 bridgehead atoms. The van der Waals surface area contributed by atoms with Crippen molar-refractivity contribution in [3.63, 3.8) is 0 Å². The van der Waals surface area contributed by atoms with Crippen molar-refractivity contribution >= 4 is 41.8 Å². The predicted molar refractivity (Wildman–Crippen MR) is 489 cm³/mol. The number of alkyl halides is 3. The van der Waals surface area contributed by atoms with Crippen molar-refractivity contribution in [2.75, 3.05) is 28.1 Å². The monoisotopic (exact) mass is 1840 g/mol. The molecule has 0 fully saturated rings. The number of carbonyl (C=O) groups excluding carboxylic acids is 7. The number of carbonyl (C=O) groups is 7. The van der Waals surface area contributed by atoms with Crippen molar-refractivity contribution < 1.29 is 126 Å². The first-order valence-corrected chi connectivity index (χ1v) is 44.8. The van der Waals surface area contributed by atoms with E-state index in [-0.39, 0.29) is 96.8 Å². The third-order valence-electron chi connectivity index (χ3n) is 23.6. The molecule has 11 atom stereocenters. The molecule has 2 aliphatic rings. The molecule has 19 nitrogen and oxygen atoms in total. The van der Waals surface area contributed by atoms with Crippen LogP contribution in [0.25, 0.3) is 0 Å². The van der Waals surface area contributed by atoms with Gasteiger partial charge < -0.3 is 56.8 Å². The summed E-state index contributed by atoms with van der Waals surface area (Å²) in [6, 6.07) is 35.9. The van der Waals surface area contributed by atoms with Crippen LogP contribution in [0.3, 0.4) is 0 Å². The smallest absolute Gasteiger partial charge is 0.416 e. The van der Waals surface area contributed by atoms with Crippen molar-refractivity contribution in [1.82, 2.24) is 0 Å². The van der Waals surface area contributed by atoms with Crippen molar-refractivity contribution in [2.45, 2.75) is 293 Å². The molecule has 0 saturated heterocycles. The van der Waals surface area contributed by atoms with Crippen LogP contribution in [0.4, 0.5) is 35.1 Å². The van der Waals surface area contributed by atoms with Gasteiger partial charge in [-0.3, -0.25) is 33.6 Å². The molecule has 726 valence electrons. The van der Waals surface area contributed by atoms with Crippen LogP contribution < -0.4 is 23.7 Å². The maximum atomic E-state index is 13.6. The quantitative estimate of drug-likeness (QED) is 0.0129. The van der Waals surface area contributed by atoms with Gasteiger partial charge in [-0.2, -0.15) is 13.2 Å². The molecule has 7 aromatic rings. The van der Waals surface area contributed by atoms with Gasteiger partial charge in [-0.1, -0.05) is 149 Å². The lowest BCUT2D eigenvalue weighted by Gasteiger charge is -2.24. The highest BCUT2D eigenvalue weighted by Gasteiger charge is 2.37. The molecule has 0 N–H and O–H groups in total. The fourth-order valence-corrected chi connectivity index (χ4v) is 12.1. The van der Waals surface area contributed by atoms with E-state index in [4.69, 9.17) is 56.8 Å². The van der Waals surface area contributed by atoms with E-state index in [0.717, 1.165) is 96.9 Å². The van der Waals surface area contributed by atoms with Gasteiger partial charge in [0.25, 0.3) is 0 Å². The van der Waals surface area contributed by atoms with E-state index in [1.807, 2.05) is 191 Å². The van der Waals surface area contributed by atoms with Crippen LogP contribution >= 0.6 is 0 Å². The number of rotatable bonds is 31. The maximum Gasteiger partial charge on any atom is 0.416 e. The molecule has 11 unspecified atom stereocenters. The predicted octanol–water partition coefficient (Wildman–Crippen LogP) is 27.1. The van der Waals surface area contributed by atoms with Crippen LogP contribution in [0, 0.1) is 82.9 Å². The topological polar surface area (TPSA) is 230 Å². The molecule has 1 aliphatic carbocycles. The summed E-state index contributed by atoms with van der Waals surface area (Å²) in [6.45, 7) is 48.2. The minimum Gasteiger partial charge on any atom is -0.497 e. The van der Waals surface area contributed by atoms with E-state index in [0.29, 0.717) is 35.7 Å². The molecule has 7 aromatic carbocycles. The van der Waals surface area contributed by atoms with Crippen molar-refractivity contribution in [1.29, 1.82) is 0 Å². The maximum absolute atomic E-state index is 13.6. The van der Waals surface area contributed by atoms with Gasteiger partial charge in [-0.25, -0.2) is 22.0 Å². The number of ether oxygens (including phenoxy) is 12. The Hall–Kier alpha value is -10.7. The van der Waals surface area contributed by atoms with Crippen LogP contribution in [0.1, 0.15) is 327 Å². The van der Waals surface area contributed by atoms with Crippen LogP contribution in [0.15, 0.2) is 121 Å². The van der Waals surface area contributed by atoms with E-state index < -0.39 is 80.8 Å². The Balaban J connectivity index is 0.000000394. The Morgan fingerprint density at radius 3 is 1.08 bits per heavy atom. The second-order valence-corrected chi connectivity index (χ2v) is 34.7. The summed E-state index contributed by atoms with van der Waals surface area (Å²) in [5, 5.41) is 0. The first-order chi connectivity index (χ1) is 61.2. The molecule has 0 radical (unpaired) electrons. The summed E-state index contributed by atoms with van der Waals surface area (Å²) in [7, 11) is 4.80. The molecule has 1 heterocycles. The number of halogens is 8. The molecule has 0 spiro atoms. The van der Waals surface area contributed by atoms with E-state index in [1.54, 1.807) is 55.9 Å². The van der Waals surface area contributed by atoms with Crippen molar-refractivity contribution in [3.05, 3.63) is 217 Å². The molecular formula is C104H140F8O19. The first kappa shape index (κ1) is 114. The Labute approximate surface area is 770 Å². The zero-order valence-electron chi connectivity index (χ0n) is 82.0. The van der Waals surface area contributed by atoms with Gasteiger partial charge in [0, 0.05) is 0 Å². The second-order valence-electron chi connectivity index (χ2n) is 34.7. The van der Waals surface area contributed by atoms with Gasteiger partial charge in [-0.15, -0.1) is 0 Å². The number of benzene rings is 7. The summed E-state index contributed by atoms with van der Waals surface area (Å²) in [4.78, 5) is 82.7. The van der Waals surface area contributed by atoms with Crippen LogP contribution in [0.5, 0.6) is 28.7 Å². The zero-order chi connectivity index (χ0) is 99.5. The highest BCUT2D eigenvalue weighted by atomic mass is 19.4. The summed E-state index contributed by atoms with van der Waals surface area (Å²) < 4.78 is 167. The zero-order valence-corrected chi connectivity index (χ0v) is 82.0. The molecule has 0 saturated carbocycles. The Kier molecular flexibility index (Phi) is 46.9. The summed E-state index contributed by atoms with van der Waals surface area (Å²) in [6.07, 6.45) is 0.915. The summed E-state index contributed by atoms with van der Waals surface area (Å²) >= 11 is 0. The standard InChI is InChI=1S/C17H24O2.C16H24O4.C15H22O2.C14H15F5O2.C14H17F3O2.C14H18O4.C14H20O3/c1-5-17(3,4)16(18)19-12(2)14-10-9-13-7-6-8-15(13)11-14;1-7-16(3,4)15(17)20-11(2)12-8-9-13(18-5)14(10-12)19-6;1-6-10(2)15(16)17-13(5)14-11(3)8-7-9-12(14)4;1-5-14(3,4)13(20)21-6(2)7-8(15)10(17)12(19)11(18)9(7)16;1-4-9(2)13(18)19-10(3)11-5-7-12(8-6-11)14(15,16)17;1-4-9(2)14(15)18-10(3)11-5-6-12-13(7-11)17-8-16-12;1-5-10(2)14(15)17-11(3)12-6-8-13(16-4)9-7-12/h9-12H,5-8H2,1-4H3;8-11H,7H2,1-6H3;7-10,13H,6H2,1-5H3;6H,5H2,1-4H3;5-10H,4H2,1-3H3;5-7,9-10H,4,8H2,1-3H3;6-11H,5H2,1-4H3. The fraction of sp³-hybridized carbons (Fsp3) is 0.529. The van der Waals surface area contributed by atoms with Crippen LogP contribution in [-0.4, -0.2) is 69.9 Å². The van der Waals surface area contributed by atoms with Gasteiger partial charge in [0.05, 0.1) is 72.4 Å². The van der Waals surface area contributed by atoms with E-state index in [2.05, 4.69) is 44.2 Å². The molecule has 0 amide bonds. The minimum absolute atomic E-state index is 0.0261. The molecule has 9 rings (SSSR count). The second kappa shape index (κ2) is 53.7. The summed E-state index contributed by atoms with van der Waals surface area (Å²) in [5.41, 5.74) is 7.11. The van der Waals surface area contributed by atoms with E-state index >= 15 is 0 Å². The van der Waals surface area contributed by atoms with Gasteiger partial charge in [-0.05, 0) is 272 Å². The van der Waals surface area contributed by atoms with Gasteiger partial charge in [0.15, 0.2) is 46.3 Å². The number of hydrogen-bond acceptors (Lipinski definition) is 19. The average molecular weight is 1850 g/mol. The highest BCUT2D eigenvalue weighted by Crippen LogP contribution is 2.39. The number of esters is 7. The normalized spacial score (nSPS) is 14.4. The highest BCUT2D eigenvalue weighted by molar-refractivity contribution is 5.78. The molecule has 0 aromatic heterocycles. The van der Waals surface area contributed by atoms with E-state index in [9.17, 15) is 68.7 Å². The molecule has 27 heteroatoms. The Bertz CT molecular complexity index is 4760. The van der Waals surface area contributed by atoms with Crippen LogP contribution in [0.2, 0.25) is 0 Å². The van der Waals surface area contributed by atoms with Crippen molar-refractivity contribution in [2.24, 2.45) is 39.9 Å². The largest absolute Gasteiger partial charge is 0.497 e. The van der Waals surface area contributed by atoms with Gasteiger partial charge >= 0.3 is 48.0 Å². The first-order valence-electron chi connectivity index (χ1n) is 44.8. The molecular weight excluding hydrogens is 1710 g/mol. The van der Waals surface area contributed by atoms with Crippen molar-refractivity contribution in [3.8, 4) is 28.7 Å². The van der Waals surface area contributed by atoms with Crippen LogP contribution in [-0.2, 0) is 85.7 Å². The third-order valence-corrected chi connectivity index (χ3v) is 23.6. The summed E-state index contributed by atoms with van der Waals surface area (Å²) in [5.74, 6) is -9.05. The Morgan fingerprint density at radius 1 is 0.351 bits per heavy atom. The average Bonchev–Trinajstić information content (AvgIpc) is 1.34. The molecule has 1 aliphatic heterocycles. The number of methoxy groups -OCH3 is 3. The fourth-order valence-electron chi connectivity index (χ4n) is 12.1. The van der Waals surface area contributed by atoms with Gasteiger partial charge in [0.2, 0.25) is 12.6 Å². The lowest BCUT2D eigenvalue weighted by atomic mass is 9.90. The number of aryl methyl sites for hydroxylation is 4. The van der Waals surface area contributed by atoms with E-state index in [1.165, 1.54) is 47.2 Å². The molecule has 131 heavy (non-hydrogen) atoms. The Morgan fingerprint density at radius 2 is 0.679 bits per heavy atom. The minimum atomic E-state index is -4.35. The third kappa shape index (κ3) is 34.7. The number of hydrogen-bond donors (Lipinski definition) is 0. The number of fused-ring (bicyclic) bond motifs is 2. The SMILES string of the molecule is CCC(C)(C)C(=O)OC(C)c1c(F)c(F)c(F)c(F)c1F.CCC(C)(C)C(=O)OC(C)c1ccc(OC)c(OC)c1.CCC(C)(C)C(=O)OC(C)c1ccc2c(c1)CCC2.CCC(C)C(=O)OC(C)c1c(C)cccc1C.CCC(C)C(=O)OC(C)c1ccc(C(F)(F)F)cc1.CCC(C)C(=O)OC(C)c1ccc(OC)cc1.CCC(C)C(=O)OC(C)c1ccc2c(c1)OCO2.